The molecule has 0 saturated carbocycles. The second-order valence-electron chi connectivity index (χ2n) is 8.29. The van der Waals surface area contributed by atoms with E-state index >= 15 is 0 Å². The van der Waals surface area contributed by atoms with Gasteiger partial charge in [0.1, 0.15) is 12.2 Å². The molecule has 2 aromatic carbocycles. The van der Waals surface area contributed by atoms with Crippen molar-refractivity contribution < 1.29 is 14.3 Å². The monoisotopic (exact) mass is 449 g/mol. The van der Waals surface area contributed by atoms with E-state index in [0.717, 1.165) is 16.7 Å². The largest absolute Gasteiger partial charge is 0.472 e. The zero-order valence-electron chi connectivity index (χ0n) is 18.5. The van der Waals surface area contributed by atoms with Crippen LogP contribution in [0.15, 0.2) is 48.5 Å². The van der Waals surface area contributed by atoms with Crippen LogP contribution in [0.1, 0.15) is 59.3 Å². The molecule has 0 atom stereocenters. The van der Waals surface area contributed by atoms with E-state index in [0.29, 0.717) is 22.7 Å². The van der Waals surface area contributed by atoms with Gasteiger partial charge in [0.25, 0.3) is 0 Å². The van der Waals surface area contributed by atoms with Crippen LogP contribution in [-0.4, -0.2) is 21.5 Å². The van der Waals surface area contributed by atoms with Crippen LogP contribution < -0.4 is 4.74 Å². The third kappa shape index (κ3) is 6.05. The second-order valence-corrected chi connectivity index (χ2v) is 8.69. The molecule has 0 fully saturated rings. The summed E-state index contributed by atoms with van der Waals surface area (Å²) in [4.78, 5) is 21.3. The number of aromatic nitrogens is 2. The van der Waals surface area contributed by atoms with E-state index in [4.69, 9.17) is 26.3 Å². The van der Waals surface area contributed by atoms with Crippen LogP contribution in [0.25, 0.3) is 0 Å². The number of nitriles is 1. The highest BCUT2D eigenvalue weighted by molar-refractivity contribution is 6.31. The van der Waals surface area contributed by atoms with E-state index in [-0.39, 0.29) is 18.3 Å². The van der Waals surface area contributed by atoms with E-state index in [1.54, 1.807) is 45.9 Å². The predicted molar refractivity (Wildman–Crippen MR) is 122 cm³/mol. The Morgan fingerprint density at radius 1 is 1.12 bits per heavy atom. The number of hydrogen-bond acceptors (Lipinski definition) is 6. The van der Waals surface area contributed by atoms with Crippen molar-refractivity contribution in [1.29, 1.82) is 5.26 Å². The number of carbonyl (C=O) groups is 1. The van der Waals surface area contributed by atoms with E-state index in [1.165, 1.54) is 0 Å². The minimum absolute atomic E-state index is 0.0684. The summed E-state index contributed by atoms with van der Waals surface area (Å²) in [5.74, 6) is -0.414. The van der Waals surface area contributed by atoms with E-state index < -0.39 is 11.6 Å². The maximum atomic E-state index is 12.6. The minimum atomic E-state index is -0.677. The molecular weight excluding hydrogens is 426 g/mol. The van der Waals surface area contributed by atoms with Gasteiger partial charge in [-0.25, -0.2) is 9.78 Å². The number of carbonyl (C=O) groups excluding carboxylic acids is 1. The summed E-state index contributed by atoms with van der Waals surface area (Å²) in [6.07, 6.45) is 0.438. The summed E-state index contributed by atoms with van der Waals surface area (Å²) in [7, 11) is 0. The molecule has 164 valence electrons. The van der Waals surface area contributed by atoms with Gasteiger partial charge in [-0.05, 0) is 57.0 Å². The summed E-state index contributed by atoms with van der Waals surface area (Å²) >= 11 is 6.35. The quantitative estimate of drug-likeness (QED) is 0.466. The molecule has 7 heteroatoms. The van der Waals surface area contributed by atoms with Crippen molar-refractivity contribution in [2.45, 2.75) is 46.3 Å². The maximum Gasteiger partial charge on any atom is 0.377 e. The van der Waals surface area contributed by atoms with Gasteiger partial charge in [-0.15, -0.1) is 0 Å². The van der Waals surface area contributed by atoms with Crippen molar-refractivity contribution in [2.24, 2.45) is 0 Å². The van der Waals surface area contributed by atoms with Crippen molar-refractivity contribution in [2.75, 3.05) is 0 Å². The summed E-state index contributed by atoms with van der Waals surface area (Å²) in [5.41, 5.74) is 2.88. The number of benzene rings is 2. The van der Waals surface area contributed by atoms with E-state index in [2.05, 4.69) is 16.0 Å². The smallest absolute Gasteiger partial charge is 0.377 e. The second kappa shape index (κ2) is 9.80. The van der Waals surface area contributed by atoms with Gasteiger partial charge in [0.15, 0.2) is 0 Å². The average molecular weight is 450 g/mol. The van der Waals surface area contributed by atoms with Gasteiger partial charge in [0, 0.05) is 22.7 Å². The van der Waals surface area contributed by atoms with Crippen LogP contribution in [0.4, 0.5) is 0 Å². The first kappa shape index (κ1) is 23.2. The fraction of sp³-hybridized carbons (Fsp3) is 0.280. The lowest BCUT2D eigenvalue weighted by Crippen LogP contribution is -2.25. The fourth-order valence-corrected chi connectivity index (χ4v) is 3.22. The topological polar surface area (TPSA) is 85.1 Å². The Labute approximate surface area is 192 Å². The maximum absolute atomic E-state index is 12.6. The van der Waals surface area contributed by atoms with Crippen molar-refractivity contribution >= 4 is 17.6 Å². The van der Waals surface area contributed by atoms with Gasteiger partial charge in [0.2, 0.25) is 11.7 Å². The average Bonchev–Trinajstić information content (AvgIpc) is 2.74. The molecule has 0 N–H and O–H groups in total. The standard InChI is InChI=1S/C25H24ClN3O3/c1-16-20(13-19-10-5-6-11-21(19)26)23(29-22(28-16)24(30)32-25(2,3)4)31-15-18-9-7-8-17(12-18)14-27/h5-12H,13,15H2,1-4H3. The molecule has 3 rings (SSSR count). The number of halogens is 1. The number of nitrogens with zero attached hydrogens (tertiary/aromatic N) is 3. The highest BCUT2D eigenvalue weighted by Gasteiger charge is 2.23. The summed E-state index contributed by atoms with van der Waals surface area (Å²) in [6, 6.07) is 16.7. The number of esters is 1. The Hall–Kier alpha value is -3.43. The van der Waals surface area contributed by atoms with Crippen LogP contribution >= 0.6 is 11.6 Å². The Kier molecular flexibility index (Phi) is 7.12. The van der Waals surface area contributed by atoms with Gasteiger partial charge in [0.05, 0.1) is 11.6 Å². The van der Waals surface area contributed by atoms with Crippen LogP contribution in [0.5, 0.6) is 5.88 Å². The normalized spacial score (nSPS) is 11.0. The zero-order valence-corrected chi connectivity index (χ0v) is 19.2. The molecule has 3 aromatic rings. The lowest BCUT2D eigenvalue weighted by molar-refractivity contribution is 0.00538. The lowest BCUT2D eigenvalue weighted by atomic mass is 10.0. The van der Waals surface area contributed by atoms with Gasteiger partial charge in [-0.2, -0.15) is 10.2 Å². The SMILES string of the molecule is Cc1nc(C(=O)OC(C)(C)C)nc(OCc2cccc(C#N)c2)c1Cc1ccccc1Cl. The molecule has 0 amide bonds. The number of hydrogen-bond donors (Lipinski definition) is 0. The van der Waals surface area contributed by atoms with Gasteiger partial charge < -0.3 is 9.47 Å². The lowest BCUT2D eigenvalue weighted by Gasteiger charge is -2.20. The molecule has 0 bridgehead atoms. The van der Waals surface area contributed by atoms with Crippen LogP contribution in [0.2, 0.25) is 5.02 Å². The van der Waals surface area contributed by atoms with Gasteiger partial charge >= 0.3 is 5.97 Å². The highest BCUT2D eigenvalue weighted by Crippen LogP contribution is 2.27. The van der Waals surface area contributed by atoms with Crippen molar-refractivity contribution in [3.8, 4) is 11.9 Å². The van der Waals surface area contributed by atoms with Crippen molar-refractivity contribution in [3.05, 3.63) is 87.3 Å². The van der Waals surface area contributed by atoms with Gasteiger partial charge in [-0.3, -0.25) is 0 Å². The van der Waals surface area contributed by atoms with Crippen LogP contribution in [0.3, 0.4) is 0 Å². The molecule has 0 unspecified atom stereocenters. The summed E-state index contributed by atoms with van der Waals surface area (Å²) < 4.78 is 11.5. The molecule has 0 aliphatic carbocycles. The Morgan fingerprint density at radius 3 is 2.56 bits per heavy atom. The van der Waals surface area contributed by atoms with Gasteiger partial charge in [-0.1, -0.05) is 41.9 Å². The van der Waals surface area contributed by atoms with Crippen LogP contribution in [-0.2, 0) is 17.8 Å². The van der Waals surface area contributed by atoms with Crippen molar-refractivity contribution in [1.82, 2.24) is 9.97 Å². The Balaban J connectivity index is 1.98. The number of aryl methyl sites for hydroxylation is 1. The van der Waals surface area contributed by atoms with Crippen LogP contribution in [0, 0.1) is 18.3 Å². The molecule has 1 aromatic heterocycles. The molecule has 6 nitrogen and oxygen atoms in total. The third-order valence-corrected chi connectivity index (χ3v) is 4.88. The molecule has 0 saturated heterocycles. The summed E-state index contributed by atoms with van der Waals surface area (Å²) in [5, 5.41) is 9.75. The molecule has 0 radical (unpaired) electrons. The molecule has 1 heterocycles. The summed E-state index contributed by atoms with van der Waals surface area (Å²) in [6.45, 7) is 7.31. The first-order chi connectivity index (χ1) is 15.2. The molecular formula is C25H24ClN3O3. The third-order valence-electron chi connectivity index (χ3n) is 4.51. The minimum Gasteiger partial charge on any atom is -0.472 e. The molecule has 0 aliphatic heterocycles. The molecule has 0 aliphatic rings. The zero-order chi connectivity index (χ0) is 23.3. The number of rotatable bonds is 6. The molecule has 0 spiro atoms. The Bertz CT molecular complexity index is 1180. The van der Waals surface area contributed by atoms with E-state index in [1.807, 2.05) is 30.3 Å². The Morgan fingerprint density at radius 2 is 1.88 bits per heavy atom. The fourth-order valence-electron chi connectivity index (χ4n) is 3.02. The van der Waals surface area contributed by atoms with Crippen molar-refractivity contribution in [3.63, 3.8) is 0 Å². The first-order valence-corrected chi connectivity index (χ1v) is 10.5. The number of ether oxygens (including phenoxy) is 2. The van der Waals surface area contributed by atoms with E-state index in [9.17, 15) is 4.79 Å². The highest BCUT2D eigenvalue weighted by atomic mass is 35.5. The predicted octanol–water partition coefficient (Wildman–Crippen LogP) is 5.44. The molecule has 32 heavy (non-hydrogen) atoms. The first-order valence-electron chi connectivity index (χ1n) is 10.1.